The molecule has 0 atom stereocenters. The van der Waals surface area contributed by atoms with E-state index in [4.69, 9.17) is 10.7 Å². The summed E-state index contributed by atoms with van der Waals surface area (Å²) in [5, 5.41) is 0. The van der Waals surface area contributed by atoms with Gasteiger partial charge in [0.2, 0.25) is 0 Å². The summed E-state index contributed by atoms with van der Waals surface area (Å²) in [6, 6.07) is 2.09. The first-order chi connectivity index (χ1) is 9.15. The molecule has 0 aromatic carbocycles. The molecule has 0 radical (unpaired) electrons. The molecule has 4 heteroatoms. The molecule has 3 rings (SSSR count). The van der Waals surface area contributed by atoms with E-state index in [1.807, 2.05) is 10.6 Å². The number of pyridine rings is 1. The zero-order valence-corrected chi connectivity index (χ0v) is 12.9. The number of halogens is 1. The minimum Gasteiger partial charge on any atom is -0.383 e. The van der Waals surface area contributed by atoms with Gasteiger partial charge in [0, 0.05) is 10.7 Å². The van der Waals surface area contributed by atoms with Gasteiger partial charge in [0.25, 0.3) is 0 Å². The summed E-state index contributed by atoms with van der Waals surface area (Å²) in [5.41, 5.74) is 9.51. The zero-order chi connectivity index (χ0) is 13.4. The van der Waals surface area contributed by atoms with E-state index in [1.165, 1.54) is 32.1 Å². The molecular weight excluding hydrogens is 302 g/mol. The monoisotopic (exact) mass is 321 g/mol. The van der Waals surface area contributed by atoms with E-state index in [0.717, 1.165) is 39.5 Å². The first-order valence-electron chi connectivity index (χ1n) is 7.07. The van der Waals surface area contributed by atoms with Crippen molar-refractivity contribution in [1.82, 2.24) is 9.38 Å². The Morgan fingerprint density at radius 1 is 1.37 bits per heavy atom. The number of nitrogens with two attached hydrogens (primary N) is 1. The lowest BCUT2D eigenvalue weighted by Gasteiger charge is -2.20. The molecule has 1 fully saturated rings. The normalized spacial score (nSPS) is 17.2. The number of aryl methyl sites for hydroxylation is 1. The lowest BCUT2D eigenvalue weighted by Crippen LogP contribution is -2.10. The first-order valence-corrected chi connectivity index (χ1v) is 7.87. The van der Waals surface area contributed by atoms with Crippen LogP contribution in [0.2, 0.25) is 0 Å². The highest BCUT2D eigenvalue weighted by molar-refractivity contribution is 9.10. The highest BCUT2D eigenvalue weighted by Crippen LogP contribution is 2.29. The fourth-order valence-corrected chi connectivity index (χ4v) is 3.70. The maximum Gasteiger partial charge on any atom is 0.141 e. The lowest BCUT2D eigenvalue weighted by molar-refractivity contribution is 0.355. The van der Waals surface area contributed by atoms with Gasteiger partial charge in [0.15, 0.2) is 0 Å². The van der Waals surface area contributed by atoms with E-state index >= 15 is 0 Å². The second-order valence-electron chi connectivity index (χ2n) is 5.69. The standard InChI is InChI=1S/C15H20BrN3/c1-10-7-12(16)9-19-14(17)13(18-15(10)19)8-11-5-3-2-4-6-11/h7,9,11H,2-6,8,17H2,1H3. The van der Waals surface area contributed by atoms with Crippen molar-refractivity contribution in [2.45, 2.75) is 45.4 Å². The number of nitrogen functional groups attached to an aromatic ring is 1. The molecule has 0 bridgehead atoms. The second kappa shape index (κ2) is 5.16. The topological polar surface area (TPSA) is 43.3 Å². The van der Waals surface area contributed by atoms with Gasteiger partial charge in [-0.1, -0.05) is 32.1 Å². The van der Waals surface area contributed by atoms with Crippen LogP contribution in [-0.2, 0) is 6.42 Å². The molecular formula is C15H20BrN3. The van der Waals surface area contributed by atoms with Crippen molar-refractivity contribution >= 4 is 27.4 Å². The molecule has 0 saturated heterocycles. The van der Waals surface area contributed by atoms with Gasteiger partial charge in [-0.2, -0.15) is 0 Å². The molecule has 2 N–H and O–H groups in total. The van der Waals surface area contributed by atoms with Gasteiger partial charge in [-0.15, -0.1) is 0 Å². The van der Waals surface area contributed by atoms with Crippen molar-refractivity contribution in [3.8, 4) is 0 Å². The largest absolute Gasteiger partial charge is 0.383 e. The fraction of sp³-hybridized carbons (Fsp3) is 0.533. The maximum atomic E-state index is 6.27. The third kappa shape index (κ3) is 2.50. The molecule has 1 aliphatic carbocycles. The van der Waals surface area contributed by atoms with Crippen LogP contribution in [-0.4, -0.2) is 9.38 Å². The number of fused-ring (bicyclic) bond motifs is 1. The van der Waals surface area contributed by atoms with Gasteiger partial charge in [-0.05, 0) is 46.8 Å². The number of hydrogen-bond donors (Lipinski definition) is 1. The van der Waals surface area contributed by atoms with Crippen molar-refractivity contribution in [3.05, 3.63) is 28.0 Å². The van der Waals surface area contributed by atoms with Crippen molar-refractivity contribution in [1.29, 1.82) is 0 Å². The fourth-order valence-electron chi connectivity index (χ4n) is 3.15. The van der Waals surface area contributed by atoms with Crippen LogP contribution in [0.25, 0.3) is 5.65 Å². The molecule has 2 aromatic rings. The first kappa shape index (κ1) is 13.0. The van der Waals surface area contributed by atoms with Crippen LogP contribution in [0.4, 0.5) is 5.82 Å². The average molecular weight is 322 g/mol. The lowest BCUT2D eigenvalue weighted by atomic mass is 9.86. The second-order valence-corrected chi connectivity index (χ2v) is 6.60. The number of anilines is 1. The Hall–Kier alpha value is -1.03. The van der Waals surface area contributed by atoms with E-state index in [2.05, 4.69) is 28.9 Å². The Kier molecular flexibility index (Phi) is 3.52. The van der Waals surface area contributed by atoms with E-state index in [9.17, 15) is 0 Å². The SMILES string of the molecule is Cc1cc(Br)cn2c(N)c(CC3CCCCC3)nc12. The van der Waals surface area contributed by atoms with Gasteiger partial charge in [-0.25, -0.2) is 4.98 Å². The quantitative estimate of drug-likeness (QED) is 0.904. The van der Waals surface area contributed by atoms with Crippen LogP contribution in [0.3, 0.4) is 0 Å². The summed E-state index contributed by atoms with van der Waals surface area (Å²) < 4.78 is 3.06. The molecule has 0 aliphatic heterocycles. The van der Waals surface area contributed by atoms with Crippen LogP contribution in [0.5, 0.6) is 0 Å². The number of rotatable bonds is 2. The van der Waals surface area contributed by atoms with Crippen LogP contribution in [0.15, 0.2) is 16.7 Å². The number of nitrogens with zero attached hydrogens (tertiary/aromatic N) is 2. The third-order valence-corrected chi connectivity index (χ3v) is 4.62. The Morgan fingerprint density at radius 3 is 2.84 bits per heavy atom. The smallest absolute Gasteiger partial charge is 0.141 e. The molecule has 1 aliphatic rings. The highest BCUT2D eigenvalue weighted by atomic mass is 79.9. The molecule has 0 amide bonds. The summed E-state index contributed by atoms with van der Waals surface area (Å²) in [5.74, 6) is 1.58. The third-order valence-electron chi connectivity index (χ3n) is 4.19. The Bertz CT molecular complexity index is 597. The summed E-state index contributed by atoms with van der Waals surface area (Å²) in [4.78, 5) is 4.76. The molecule has 0 unspecified atom stereocenters. The number of hydrogen-bond acceptors (Lipinski definition) is 2. The van der Waals surface area contributed by atoms with Gasteiger partial charge in [-0.3, -0.25) is 4.40 Å². The zero-order valence-electron chi connectivity index (χ0n) is 11.3. The van der Waals surface area contributed by atoms with Crippen molar-refractivity contribution < 1.29 is 0 Å². The number of aromatic nitrogens is 2. The van der Waals surface area contributed by atoms with Crippen molar-refractivity contribution in [3.63, 3.8) is 0 Å². The molecule has 2 heterocycles. The molecule has 0 spiro atoms. The molecule has 2 aromatic heterocycles. The van der Waals surface area contributed by atoms with Gasteiger partial charge >= 0.3 is 0 Å². The molecule has 19 heavy (non-hydrogen) atoms. The van der Waals surface area contributed by atoms with Crippen molar-refractivity contribution in [2.75, 3.05) is 5.73 Å². The van der Waals surface area contributed by atoms with Gasteiger partial charge < -0.3 is 5.73 Å². The minimum absolute atomic E-state index is 0.768. The summed E-state index contributed by atoms with van der Waals surface area (Å²) in [6.45, 7) is 2.08. The summed E-state index contributed by atoms with van der Waals surface area (Å²) in [6.07, 6.45) is 9.82. The van der Waals surface area contributed by atoms with Gasteiger partial charge in [0.05, 0.1) is 5.69 Å². The Balaban J connectivity index is 1.95. The number of imidazole rings is 1. The Morgan fingerprint density at radius 2 is 2.11 bits per heavy atom. The average Bonchev–Trinajstić information content (AvgIpc) is 2.69. The van der Waals surface area contributed by atoms with Gasteiger partial charge in [0.1, 0.15) is 11.5 Å². The van der Waals surface area contributed by atoms with E-state index in [-0.39, 0.29) is 0 Å². The Labute approximate surface area is 122 Å². The molecule has 1 saturated carbocycles. The van der Waals surface area contributed by atoms with Crippen LogP contribution < -0.4 is 5.73 Å². The molecule has 102 valence electrons. The maximum absolute atomic E-state index is 6.27. The summed E-state index contributed by atoms with van der Waals surface area (Å²) in [7, 11) is 0. The predicted molar refractivity (Wildman–Crippen MR) is 82.3 cm³/mol. The highest BCUT2D eigenvalue weighted by Gasteiger charge is 2.18. The van der Waals surface area contributed by atoms with Crippen LogP contribution in [0.1, 0.15) is 43.4 Å². The van der Waals surface area contributed by atoms with Crippen LogP contribution in [0, 0.1) is 12.8 Å². The van der Waals surface area contributed by atoms with E-state index in [1.54, 1.807) is 0 Å². The van der Waals surface area contributed by atoms with E-state index < -0.39 is 0 Å². The molecule has 3 nitrogen and oxygen atoms in total. The van der Waals surface area contributed by atoms with Crippen LogP contribution >= 0.6 is 15.9 Å². The summed E-state index contributed by atoms with van der Waals surface area (Å²) >= 11 is 3.52. The van der Waals surface area contributed by atoms with E-state index in [0.29, 0.717) is 0 Å². The minimum atomic E-state index is 0.768. The van der Waals surface area contributed by atoms with Crippen molar-refractivity contribution in [2.24, 2.45) is 5.92 Å². The predicted octanol–water partition coefficient (Wildman–Crippen LogP) is 4.11.